The van der Waals surface area contributed by atoms with Crippen molar-refractivity contribution in [1.29, 1.82) is 0 Å². The second kappa shape index (κ2) is 6.48. The Kier molecular flexibility index (Phi) is 4.00. The van der Waals surface area contributed by atoms with E-state index >= 15 is 0 Å². The first kappa shape index (κ1) is 17.3. The average Bonchev–Trinajstić information content (AvgIpc) is 3.23. The predicted octanol–water partition coefficient (Wildman–Crippen LogP) is 4.67. The molecule has 0 radical (unpaired) electrons. The molecule has 2 aromatic rings. The van der Waals surface area contributed by atoms with Crippen LogP contribution in [0.15, 0.2) is 28.0 Å². The molecule has 2 aromatic heterocycles. The predicted molar refractivity (Wildman–Crippen MR) is 106 cm³/mol. The van der Waals surface area contributed by atoms with Crippen LogP contribution in [0.5, 0.6) is 0 Å². The van der Waals surface area contributed by atoms with Crippen LogP contribution in [0, 0.1) is 23.2 Å². The number of furan rings is 1. The van der Waals surface area contributed by atoms with Crippen molar-refractivity contribution < 1.29 is 9.21 Å². The van der Waals surface area contributed by atoms with Crippen LogP contribution < -0.4 is 0 Å². The molecule has 5 aliphatic carbocycles. The molecule has 5 nitrogen and oxygen atoms in total. The minimum Gasteiger partial charge on any atom is -0.467 e. The van der Waals surface area contributed by atoms with Gasteiger partial charge in [0.1, 0.15) is 17.4 Å². The number of thioether (sulfide) groups is 1. The number of aromatic nitrogens is 3. The van der Waals surface area contributed by atoms with E-state index in [1.54, 1.807) is 18.0 Å². The number of carbonyl (C=O) groups excluding carboxylic acids is 1. The minimum atomic E-state index is -0.0209. The maximum atomic E-state index is 13.4. The molecular weight excluding hydrogens is 370 g/mol. The van der Waals surface area contributed by atoms with E-state index in [4.69, 9.17) is 4.42 Å². The van der Waals surface area contributed by atoms with Crippen LogP contribution in [0.2, 0.25) is 0 Å². The van der Waals surface area contributed by atoms with Crippen molar-refractivity contribution in [3.63, 3.8) is 0 Å². The Bertz CT molecular complexity index is 848. The van der Waals surface area contributed by atoms with E-state index < -0.39 is 0 Å². The molecule has 4 bridgehead atoms. The lowest BCUT2D eigenvalue weighted by Gasteiger charge is -2.56. The zero-order valence-electron chi connectivity index (χ0n) is 16.2. The quantitative estimate of drug-likeness (QED) is 0.635. The van der Waals surface area contributed by atoms with E-state index in [1.165, 1.54) is 32.1 Å². The Balaban J connectivity index is 1.20. The van der Waals surface area contributed by atoms with Crippen LogP contribution in [0.25, 0.3) is 0 Å². The summed E-state index contributed by atoms with van der Waals surface area (Å²) >= 11 is 1.59. The molecule has 7 rings (SSSR count). The fraction of sp³-hybridized carbons (Fsp3) is 0.682. The molecule has 5 aliphatic rings. The fourth-order valence-electron chi connectivity index (χ4n) is 6.49. The van der Waals surface area contributed by atoms with Gasteiger partial charge in [0, 0.05) is 11.3 Å². The number of hydrogen-bond donors (Lipinski definition) is 0. The van der Waals surface area contributed by atoms with Crippen LogP contribution in [-0.4, -0.2) is 26.3 Å². The molecule has 5 fully saturated rings. The summed E-state index contributed by atoms with van der Waals surface area (Å²) in [7, 11) is 0. The summed E-state index contributed by atoms with van der Waals surface area (Å²) in [5.41, 5.74) is -0.0209. The molecule has 6 heteroatoms. The van der Waals surface area contributed by atoms with Gasteiger partial charge in [0.05, 0.1) is 18.6 Å². The molecule has 0 atom stereocenters. The molecule has 0 N–H and O–H groups in total. The highest BCUT2D eigenvalue weighted by Crippen LogP contribution is 2.60. The van der Waals surface area contributed by atoms with Gasteiger partial charge >= 0.3 is 0 Å². The summed E-state index contributed by atoms with van der Waals surface area (Å²) in [5.74, 6) is 5.93. The van der Waals surface area contributed by atoms with Gasteiger partial charge < -0.3 is 4.42 Å². The minimum absolute atomic E-state index is 0.0209. The third-order valence-corrected chi connectivity index (χ3v) is 8.51. The lowest BCUT2D eigenvalue weighted by molar-refractivity contribution is -0.141. The Morgan fingerprint density at radius 2 is 1.86 bits per heavy atom. The molecule has 28 heavy (non-hydrogen) atoms. The van der Waals surface area contributed by atoms with Crippen LogP contribution in [0.3, 0.4) is 0 Å². The second-order valence-corrected chi connectivity index (χ2v) is 10.6. The van der Waals surface area contributed by atoms with E-state index in [0.29, 0.717) is 24.0 Å². The highest BCUT2D eigenvalue weighted by atomic mass is 32.2. The highest BCUT2D eigenvalue weighted by Gasteiger charge is 2.54. The molecule has 0 spiro atoms. The number of rotatable bonds is 7. The summed E-state index contributed by atoms with van der Waals surface area (Å²) in [6, 6.07) is 3.91. The zero-order chi connectivity index (χ0) is 18.7. The van der Waals surface area contributed by atoms with Gasteiger partial charge in [-0.3, -0.25) is 9.36 Å². The first-order valence-electron chi connectivity index (χ1n) is 10.8. The van der Waals surface area contributed by atoms with E-state index in [2.05, 4.69) is 14.8 Å². The lowest BCUT2D eigenvalue weighted by atomic mass is 9.48. The lowest BCUT2D eigenvalue weighted by Crippen LogP contribution is -2.50. The molecule has 0 saturated heterocycles. The first-order chi connectivity index (χ1) is 13.7. The third-order valence-electron chi connectivity index (χ3n) is 7.54. The summed E-state index contributed by atoms with van der Waals surface area (Å²) in [5, 5.41) is 9.80. The Morgan fingerprint density at radius 3 is 2.46 bits per heavy atom. The van der Waals surface area contributed by atoms with E-state index in [1.807, 2.05) is 12.1 Å². The summed E-state index contributed by atoms with van der Waals surface area (Å²) in [4.78, 5) is 13.4. The van der Waals surface area contributed by atoms with E-state index in [0.717, 1.165) is 53.8 Å². The molecule has 0 unspecified atom stereocenters. The SMILES string of the molecule is O=C(CSc1nnc(C2CC2)n1Cc1ccco1)C12CC3CC(CC(C3)C1)C2. The summed E-state index contributed by atoms with van der Waals surface area (Å²) < 4.78 is 7.73. The van der Waals surface area contributed by atoms with Crippen LogP contribution in [0.1, 0.15) is 68.9 Å². The number of carbonyl (C=O) groups is 1. The van der Waals surface area contributed by atoms with Gasteiger partial charge in [-0.1, -0.05) is 11.8 Å². The molecule has 0 aliphatic heterocycles. The van der Waals surface area contributed by atoms with Gasteiger partial charge in [-0.05, 0) is 81.3 Å². The van der Waals surface area contributed by atoms with Gasteiger partial charge in [0.15, 0.2) is 5.16 Å². The van der Waals surface area contributed by atoms with Crippen LogP contribution in [-0.2, 0) is 11.3 Å². The number of nitrogens with zero attached hydrogens (tertiary/aromatic N) is 3. The van der Waals surface area contributed by atoms with E-state index in [9.17, 15) is 4.79 Å². The van der Waals surface area contributed by atoms with Gasteiger partial charge in [-0.15, -0.1) is 10.2 Å². The van der Waals surface area contributed by atoms with Crippen molar-refractivity contribution >= 4 is 17.5 Å². The smallest absolute Gasteiger partial charge is 0.192 e. The Labute approximate surface area is 169 Å². The number of hydrogen-bond acceptors (Lipinski definition) is 5. The standard InChI is InChI=1S/C22H27N3O2S/c26-19(22-9-14-6-15(10-22)8-16(7-14)11-22)13-28-21-24-23-20(17-3-4-17)25(21)12-18-2-1-5-27-18/h1-2,5,14-17H,3-4,6-13H2. The van der Waals surface area contributed by atoms with Crippen molar-refractivity contribution in [1.82, 2.24) is 14.8 Å². The second-order valence-electron chi connectivity index (χ2n) is 9.69. The molecule has 148 valence electrons. The largest absolute Gasteiger partial charge is 0.467 e. The Morgan fingerprint density at radius 1 is 1.14 bits per heavy atom. The topological polar surface area (TPSA) is 60.9 Å². The average molecular weight is 398 g/mol. The number of ketones is 1. The molecule has 5 saturated carbocycles. The first-order valence-corrected chi connectivity index (χ1v) is 11.8. The van der Waals surface area contributed by atoms with Crippen molar-refractivity contribution in [3.05, 3.63) is 30.0 Å². The van der Waals surface area contributed by atoms with Crippen molar-refractivity contribution in [3.8, 4) is 0 Å². The normalized spacial score (nSPS) is 33.5. The van der Waals surface area contributed by atoms with Gasteiger partial charge in [-0.2, -0.15) is 0 Å². The molecule has 2 heterocycles. The Hall–Kier alpha value is -1.56. The maximum Gasteiger partial charge on any atom is 0.192 e. The van der Waals surface area contributed by atoms with Gasteiger partial charge in [0.25, 0.3) is 0 Å². The third kappa shape index (κ3) is 2.95. The van der Waals surface area contributed by atoms with Crippen molar-refractivity contribution in [2.75, 3.05) is 5.75 Å². The molecule has 0 amide bonds. The van der Waals surface area contributed by atoms with Crippen LogP contribution in [0.4, 0.5) is 0 Å². The highest BCUT2D eigenvalue weighted by molar-refractivity contribution is 7.99. The van der Waals surface area contributed by atoms with Crippen molar-refractivity contribution in [2.45, 2.75) is 69.0 Å². The van der Waals surface area contributed by atoms with Crippen LogP contribution >= 0.6 is 11.8 Å². The number of Topliss-reactive ketones (excluding diaryl/α,β-unsaturated/α-hetero) is 1. The van der Waals surface area contributed by atoms with Gasteiger partial charge in [-0.25, -0.2) is 0 Å². The molecule has 0 aromatic carbocycles. The van der Waals surface area contributed by atoms with Gasteiger partial charge in [0.2, 0.25) is 0 Å². The molecular formula is C22H27N3O2S. The maximum absolute atomic E-state index is 13.4. The summed E-state index contributed by atoms with van der Waals surface area (Å²) in [6.07, 6.45) is 11.6. The van der Waals surface area contributed by atoms with Crippen molar-refractivity contribution in [2.24, 2.45) is 23.2 Å². The van der Waals surface area contributed by atoms with E-state index in [-0.39, 0.29) is 5.41 Å². The fourth-order valence-corrected chi connectivity index (χ4v) is 7.47. The monoisotopic (exact) mass is 397 g/mol. The zero-order valence-corrected chi connectivity index (χ0v) is 17.0. The summed E-state index contributed by atoms with van der Waals surface area (Å²) in [6.45, 7) is 0.653.